The Morgan fingerprint density at radius 1 is 1.31 bits per heavy atom. The van der Waals surface area contributed by atoms with E-state index in [1.807, 2.05) is 18.3 Å². The first kappa shape index (κ1) is 17.9. The zero-order valence-electron chi connectivity index (χ0n) is 14.5. The zero-order chi connectivity index (χ0) is 18.4. The third kappa shape index (κ3) is 4.37. The third-order valence-corrected chi connectivity index (χ3v) is 4.02. The van der Waals surface area contributed by atoms with Gasteiger partial charge in [0.05, 0.1) is 6.61 Å². The van der Waals surface area contributed by atoms with E-state index in [4.69, 9.17) is 4.74 Å². The number of hydrogen-bond acceptors (Lipinski definition) is 3. The van der Waals surface area contributed by atoms with Crippen molar-refractivity contribution in [3.63, 3.8) is 0 Å². The Balaban J connectivity index is 1.60. The summed E-state index contributed by atoms with van der Waals surface area (Å²) in [5.74, 6) is -0.390. The lowest BCUT2D eigenvalue weighted by Gasteiger charge is -2.07. The van der Waals surface area contributed by atoms with Crippen LogP contribution >= 0.6 is 0 Å². The van der Waals surface area contributed by atoms with Crippen LogP contribution < -0.4 is 10.6 Å². The van der Waals surface area contributed by atoms with Crippen LogP contribution in [0.2, 0.25) is 0 Å². The molecule has 3 aromatic rings. The van der Waals surface area contributed by atoms with E-state index in [9.17, 15) is 9.18 Å². The van der Waals surface area contributed by atoms with E-state index < -0.39 is 0 Å². The highest BCUT2D eigenvalue weighted by atomic mass is 19.1. The second-order valence-corrected chi connectivity index (χ2v) is 5.86. The van der Waals surface area contributed by atoms with Gasteiger partial charge in [-0.25, -0.2) is 14.2 Å². The number of amides is 2. The van der Waals surface area contributed by atoms with Crippen molar-refractivity contribution in [2.45, 2.75) is 13.0 Å². The minimum atomic E-state index is -0.390. The zero-order valence-corrected chi connectivity index (χ0v) is 14.5. The Kier molecular flexibility index (Phi) is 5.80. The van der Waals surface area contributed by atoms with Gasteiger partial charge < -0.3 is 19.9 Å². The van der Waals surface area contributed by atoms with E-state index in [2.05, 4.69) is 20.2 Å². The number of anilines is 1. The quantitative estimate of drug-likeness (QED) is 0.683. The van der Waals surface area contributed by atoms with E-state index in [1.54, 1.807) is 25.4 Å². The third-order valence-electron chi connectivity index (χ3n) is 4.02. The van der Waals surface area contributed by atoms with Crippen LogP contribution in [0, 0.1) is 5.82 Å². The molecular weight excluding hydrogens is 335 g/mol. The number of pyridine rings is 1. The maximum Gasteiger partial charge on any atom is 0.319 e. The molecule has 26 heavy (non-hydrogen) atoms. The van der Waals surface area contributed by atoms with Gasteiger partial charge in [-0.1, -0.05) is 6.07 Å². The van der Waals surface area contributed by atoms with E-state index in [0.717, 1.165) is 23.1 Å². The summed E-state index contributed by atoms with van der Waals surface area (Å²) in [5, 5.41) is 6.47. The van der Waals surface area contributed by atoms with Gasteiger partial charge in [-0.3, -0.25) is 0 Å². The van der Waals surface area contributed by atoms with E-state index in [-0.39, 0.29) is 11.8 Å². The number of carbonyl (C=O) groups excluding carboxylic acids is 1. The number of fused-ring (bicyclic) bond motifs is 1. The summed E-state index contributed by atoms with van der Waals surface area (Å²) < 4.78 is 20.3. The van der Waals surface area contributed by atoms with E-state index >= 15 is 0 Å². The molecule has 0 radical (unpaired) electrons. The molecule has 2 aromatic heterocycles. The SMILES string of the molecule is COCCn1cc(CCNC(=O)Nc2cccc(F)c2)c2cccnc21. The summed E-state index contributed by atoms with van der Waals surface area (Å²) in [6.45, 7) is 1.78. The molecule has 2 amide bonds. The summed E-state index contributed by atoms with van der Waals surface area (Å²) >= 11 is 0. The number of rotatable bonds is 7. The molecule has 0 saturated carbocycles. The van der Waals surface area contributed by atoms with Crippen molar-refractivity contribution in [2.24, 2.45) is 0 Å². The normalized spacial score (nSPS) is 10.8. The van der Waals surface area contributed by atoms with Gasteiger partial charge in [0.25, 0.3) is 0 Å². The molecule has 0 aliphatic heterocycles. The molecule has 0 aliphatic carbocycles. The summed E-state index contributed by atoms with van der Waals surface area (Å²) in [7, 11) is 1.67. The van der Waals surface area contributed by atoms with Crippen LogP contribution in [0.4, 0.5) is 14.9 Å². The Morgan fingerprint density at radius 3 is 3.00 bits per heavy atom. The van der Waals surface area contributed by atoms with Gasteiger partial charge >= 0.3 is 6.03 Å². The van der Waals surface area contributed by atoms with Crippen molar-refractivity contribution >= 4 is 22.8 Å². The lowest BCUT2D eigenvalue weighted by Crippen LogP contribution is -2.30. The van der Waals surface area contributed by atoms with Gasteiger partial charge in [-0.2, -0.15) is 0 Å². The first-order chi connectivity index (χ1) is 12.7. The van der Waals surface area contributed by atoms with E-state index in [1.165, 1.54) is 12.1 Å². The highest BCUT2D eigenvalue weighted by Crippen LogP contribution is 2.19. The number of nitrogens with one attached hydrogen (secondary N) is 2. The number of nitrogens with zero attached hydrogens (tertiary/aromatic N) is 2. The Bertz CT molecular complexity index is 894. The average Bonchev–Trinajstić information content (AvgIpc) is 2.98. The standard InChI is InChI=1S/C19H21FN4O2/c1-26-11-10-24-13-14(17-6-3-8-21-18(17)24)7-9-22-19(25)23-16-5-2-4-15(20)12-16/h2-6,8,12-13H,7,9-11H2,1H3,(H2,22,23,25). The minimum absolute atomic E-state index is 0.364. The fraction of sp³-hybridized carbons (Fsp3) is 0.263. The first-order valence-corrected chi connectivity index (χ1v) is 8.39. The molecule has 136 valence electrons. The molecule has 0 unspecified atom stereocenters. The Labute approximate surface area is 151 Å². The van der Waals surface area contributed by atoms with Crippen molar-refractivity contribution in [1.82, 2.24) is 14.9 Å². The molecule has 1 aromatic carbocycles. The monoisotopic (exact) mass is 356 g/mol. The molecule has 0 saturated heterocycles. The topological polar surface area (TPSA) is 68.2 Å². The maximum absolute atomic E-state index is 13.1. The van der Waals surface area contributed by atoms with E-state index in [0.29, 0.717) is 25.3 Å². The number of methoxy groups -OCH3 is 1. The van der Waals surface area contributed by atoms with Gasteiger partial charge in [0.15, 0.2) is 0 Å². The van der Waals surface area contributed by atoms with Crippen LogP contribution in [0.5, 0.6) is 0 Å². The van der Waals surface area contributed by atoms with Crippen LogP contribution in [-0.2, 0) is 17.7 Å². The van der Waals surface area contributed by atoms with Crippen molar-refractivity contribution in [3.05, 3.63) is 60.2 Å². The maximum atomic E-state index is 13.1. The number of urea groups is 1. The second kappa shape index (κ2) is 8.44. The first-order valence-electron chi connectivity index (χ1n) is 8.39. The number of aromatic nitrogens is 2. The number of halogens is 1. The Morgan fingerprint density at radius 2 is 2.19 bits per heavy atom. The predicted octanol–water partition coefficient (Wildman–Crippen LogP) is 3.19. The number of carbonyl (C=O) groups is 1. The summed E-state index contributed by atoms with van der Waals surface area (Å²) in [4.78, 5) is 16.4. The number of hydrogen-bond donors (Lipinski definition) is 2. The molecule has 7 heteroatoms. The van der Waals surface area contributed by atoms with Gasteiger partial charge in [-0.05, 0) is 42.3 Å². The molecule has 6 nitrogen and oxygen atoms in total. The van der Waals surface area contributed by atoms with Crippen molar-refractivity contribution in [1.29, 1.82) is 0 Å². The van der Waals surface area contributed by atoms with Gasteiger partial charge in [0.1, 0.15) is 11.5 Å². The molecule has 2 N–H and O–H groups in total. The van der Waals surface area contributed by atoms with Crippen molar-refractivity contribution in [2.75, 3.05) is 25.6 Å². The summed E-state index contributed by atoms with van der Waals surface area (Å²) in [6.07, 6.45) is 4.47. The largest absolute Gasteiger partial charge is 0.383 e. The van der Waals surface area contributed by atoms with Crippen LogP contribution in [0.15, 0.2) is 48.8 Å². The van der Waals surface area contributed by atoms with Gasteiger partial charge in [0.2, 0.25) is 0 Å². The van der Waals surface area contributed by atoms with Crippen LogP contribution in [0.25, 0.3) is 11.0 Å². The van der Waals surface area contributed by atoms with Crippen LogP contribution in [-0.4, -0.2) is 35.8 Å². The number of benzene rings is 1. The second-order valence-electron chi connectivity index (χ2n) is 5.86. The minimum Gasteiger partial charge on any atom is -0.383 e. The number of ether oxygens (including phenoxy) is 1. The molecular formula is C19H21FN4O2. The molecule has 2 heterocycles. The van der Waals surface area contributed by atoms with Gasteiger partial charge in [0, 0.05) is 43.7 Å². The highest BCUT2D eigenvalue weighted by molar-refractivity contribution is 5.89. The van der Waals surface area contributed by atoms with Crippen LogP contribution in [0.1, 0.15) is 5.56 Å². The van der Waals surface area contributed by atoms with Crippen LogP contribution in [0.3, 0.4) is 0 Å². The molecule has 3 rings (SSSR count). The fourth-order valence-corrected chi connectivity index (χ4v) is 2.81. The van der Waals surface area contributed by atoms with Crippen molar-refractivity contribution < 1.29 is 13.9 Å². The van der Waals surface area contributed by atoms with Crippen molar-refractivity contribution in [3.8, 4) is 0 Å². The Hall–Kier alpha value is -2.93. The highest BCUT2D eigenvalue weighted by Gasteiger charge is 2.10. The fourth-order valence-electron chi connectivity index (χ4n) is 2.81. The summed E-state index contributed by atoms with van der Waals surface area (Å²) in [5.41, 5.74) is 2.43. The lowest BCUT2D eigenvalue weighted by atomic mass is 10.1. The summed E-state index contributed by atoms with van der Waals surface area (Å²) in [6, 6.07) is 9.34. The average molecular weight is 356 g/mol. The molecule has 0 fully saturated rings. The molecule has 0 atom stereocenters. The van der Waals surface area contributed by atoms with Gasteiger partial charge in [-0.15, -0.1) is 0 Å². The lowest BCUT2D eigenvalue weighted by molar-refractivity contribution is 0.188. The predicted molar refractivity (Wildman–Crippen MR) is 98.7 cm³/mol. The molecule has 0 bridgehead atoms. The molecule has 0 aliphatic rings. The smallest absolute Gasteiger partial charge is 0.319 e. The molecule has 0 spiro atoms.